The lowest BCUT2D eigenvalue weighted by molar-refractivity contribution is 0.425. The van der Waals surface area contributed by atoms with E-state index in [-0.39, 0.29) is 0 Å². The molecule has 0 amide bonds. The van der Waals surface area contributed by atoms with E-state index < -0.39 is 0 Å². The summed E-state index contributed by atoms with van der Waals surface area (Å²) in [5.41, 5.74) is 7.56. The number of hydrogen-bond donors (Lipinski definition) is 1. The second-order valence-electron chi connectivity index (χ2n) is 3.35. The summed E-state index contributed by atoms with van der Waals surface area (Å²) in [6, 6.07) is 7.82. The third kappa shape index (κ3) is 2.43. The topological polar surface area (TPSA) is 64.9 Å². The van der Waals surface area contributed by atoms with Crippen molar-refractivity contribution in [1.82, 2.24) is 10.1 Å². The Balaban J connectivity index is 2.27. The number of benzene rings is 1. The zero-order valence-corrected chi connectivity index (χ0v) is 9.83. The molecule has 0 aliphatic heterocycles. The van der Waals surface area contributed by atoms with Crippen molar-refractivity contribution in [2.24, 2.45) is 5.73 Å². The van der Waals surface area contributed by atoms with E-state index in [0.29, 0.717) is 12.4 Å². The van der Waals surface area contributed by atoms with E-state index in [2.05, 4.69) is 10.1 Å². The molecule has 2 aromatic rings. The predicted octanol–water partition coefficient (Wildman–Crippen LogP) is 2.06. The minimum Gasteiger partial charge on any atom is -0.334 e. The van der Waals surface area contributed by atoms with Gasteiger partial charge < -0.3 is 10.3 Å². The molecular formula is C11H13N3OS. The minimum atomic E-state index is 0.514. The van der Waals surface area contributed by atoms with Crippen LogP contribution in [0.5, 0.6) is 0 Å². The van der Waals surface area contributed by atoms with Gasteiger partial charge in [0.25, 0.3) is 5.89 Å². The molecule has 1 heterocycles. The molecule has 1 aromatic heterocycles. The molecule has 0 aliphatic rings. The van der Waals surface area contributed by atoms with Crippen molar-refractivity contribution >= 4 is 11.8 Å². The molecule has 0 saturated heterocycles. The van der Waals surface area contributed by atoms with E-state index in [9.17, 15) is 0 Å². The molecule has 0 fully saturated rings. The highest BCUT2D eigenvalue weighted by atomic mass is 32.2. The average molecular weight is 235 g/mol. The van der Waals surface area contributed by atoms with Crippen LogP contribution in [0.25, 0.3) is 11.5 Å². The molecule has 0 saturated carbocycles. The molecule has 1 aromatic carbocycles. The smallest absolute Gasteiger partial charge is 0.257 e. The number of aromatic nitrogens is 2. The Hall–Kier alpha value is -1.33. The molecule has 2 N–H and O–H groups in total. The quantitative estimate of drug-likeness (QED) is 0.878. The summed E-state index contributed by atoms with van der Waals surface area (Å²) in [5.74, 6) is 2.04. The Morgan fingerprint density at radius 1 is 1.44 bits per heavy atom. The summed E-state index contributed by atoms with van der Waals surface area (Å²) in [5, 5.41) is 3.90. The largest absolute Gasteiger partial charge is 0.334 e. The number of thioether (sulfide) groups is 1. The first-order valence-corrected chi connectivity index (χ1v) is 6.34. The fraction of sp³-hybridized carbons (Fsp3) is 0.273. The van der Waals surface area contributed by atoms with Gasteiger partial charge in [-0.15, -0.1) is 0 Å². The van der Waals surface area contributed by atoms with Crippen LogP contribution in [0.3, 0.4) is 0 Å². The van der Waals surface area contributed by atoms with Gasteiger partial charge in [-0.2, -0.15) is 16.7 Å². The van der Waals surface area contributed by atoms with E-state index in [1.807, 2.05) is 30.5 Å². The van der Waals surface area contributed by atoms with Crippen LogP contribution >= 0.6 is 11.8 Å². The van der Waals surface area contributed by atoms with Crippen LogP contribution in [-0.2, 0) is 12.3 Å². The van der Waals surface area contributed by atoms with Gasteiger partial charge in [0.15, 0.2) is 5.82 Å². The van der Waals surface area contributed by atoms with Crippen LogP contribution in [0, 0.1) is 0 Å². The van der Waals surface area contributed by atoms with Gasteiger partial charge >= 0.3 is 0 Å². The van der Waals surface area contributed by atoms with Gasteiger partial charge in [0, 0.05) is 12.1 Å². The third-order valence-corrected chi connectivity index (χ3v) is 2.70. The van der Waals surface area contributed by atoms with Crippen molar-refractivity contribution in [3.63, 3.8) is 0 Å². The second-order valence-corrected chi connectivity index (χ2v) is 4.22. The maximum Gasteiger partial charge on any atom is 0.257 e. The first kappa shape index (κ1) is 11.2. The minimum absolute atomic E-state index is 0.514. The molecule has 0 unspecified atom stereocenters. The Bertz CT molecular complexity index is 470. The van der Waals surface area contributed by atoms with Gasteiger partial charge in [0.2, 0.25) is 0 Å². The highest BCUT2D eigenvalue weighted by Gasteiger charge is 2.08. The monoisotopic (exact) mass is 235 g/mol. The number of hydrogen-bond acceptors (Lipinski definition) is 5. The summed E-state index contributed by atoms with van der Waals surface area (Å²) >= 11 is 1.67. The number of rotatable bonds is 4. The van der Waals surface area contributed by atoms with Crippen molar-refractivity contribution in [2.45, 2.75) is 12.3 Å². The summed E-state index contributed by atoms with van der Waals surface area (Å²) < 4.78 is 5.19. The molecule has 0 spiro atoms. The molecule has 0 bridgehead atoms. The molecule has 16 heavy (non-hydrogen) atoms. The molecule has 0 radical (unpaired) electrons. The molecule has 4 nitrogen and oxygen atoms in total. The maximum atomic E-state index is 5.58. The second kappa shape index (κ2) is 5.14. The average Bonchev–Trinajstić information content (AvgIpc) is 2.78. The van der Waals surface area contributed by atoms with Crippen LogP contribution in [0.1, 0.15) is 11.4 Å². The van der Waals surface area contributed by atoms with Gasteiger partial charge in [-0.25, -0.2) is 0 Å². The maximum absolute atomic E-state index is 5.58. The Morgan fingerprint density at radius 2 is 2.31 bits per heavy atom. The number of nitrogens with zero attached hydrogens (tertiary/aromatic N) is 2. The van der Waals surface area contributed by atoms with Crippen LogP contribution in [-0.4, -0.2) is 16.4 Å². The van der Waals surface area contributed by atoms with Gasteiger partial charge in [0.1, 0.15) is 0 Å². The van der Waals surface area contributed by atoms with E-state index in [1.165, 1.54) is 0 Å². The van der Waals surface area contributed by atoms with Gasteiger partial charge in [-0.1, -0.05) is 17.3 Å². The number of nitrogens with two attached hydrogens (primary N) is 1. The molecule has 84 valence electrons. The lowest BCUT2D eigenvalue weighted by Crippen LogP contribution is -1.95. The van der Waals surface area contributed by atoms with Crippen LogP contribution < -0.4 is 5.73 Å². The van der Waals surface area contributed by atoms with E-state index in [0.717, 1.165) is 22.7 Å². The molecule has 0 atom stereocenters. The van der Waals surface area contributed by atoms with Gasteiger partial charge in [-0.3, -0.25) is 0 Å². The van der Waals surface area contributed by atoms with E-state index in [4.69, 9.17) is 10.3 Å². The molecule has 2 rings (SSSR count). The van der Waals surface area contributed by atoms with Crippen molar-refractivity contribution in [1.29, 1.82) is 0 Å². The summed E-state index contributed by atoms with van der Waals surface area (Å²) in [6.07, 6.45) is 2.01. The van der Waals surface area contributed by atoms with Crippen LogP contribution in [0.2, 0.25) is 0 Å². The van der Waals surface area contributed by atoms with Crippen molar-refractivity contribution in [3.05, 3.63) is 35.7 Å². The fourth-order valence-corrected chi connectivity index (χ4v) is 1.77. The Morgan fingerprint density at radius 3 is 3.06 bits per heavy atom. The van der Waals surface area contributed by atoms with E-state index in [1.54, 1.807) is 11.8 Å². The zero-order valence-electron chi connectivity index (χ0n) is 9.01. The first-order chi connectivity index (χ1) is 7.83. The van der Waals surface area contributed by atoms with Gasteiger partial charge in [-0.05, 0) is 24.0 Å². The highest BCUT2D eigenvalue weighted by molar-refractivity contribution is 7.97. The predicted molar refractivity (Wildman–Crippen MR) is 64.8 cm³/mol. The third-order valence-electron chi connectivity index (χ3n) is 2.15. The fourth-order valence-electron chi connectivity index (χ4n) is 1.39. The highest BCUT2D eigenvalue weighted by Crippen LogP contribution is 2.19. The Kier molecular flexibility index (Phi) is 3.58. The SMILES string of the molecule is CSCc1noc(-c2cccc(CN)c2)n1. The van der Waals surface area contributed by atoms with Crippen LogP contribution in [0.4, 0.5) is 0 Å². The summed E-state index contributed by atoms with van der Waals surface area (Å²) in [4.78, 5) is 4.31. The van der Waals surface area contributed by atoms with E-state index >= 15 is 0 Å². The Labute approximate surface area is 98.2 Å². The lowest BCUT2D eigenvalue weighted by atomic mass is 10.1. The van der Waals surface area contributed by atoms with Crippen molar-refractivity contribution < 1.29 is 4.52 Å². The molecule has 5 heteroatoms. The van der Waals surface area contributed by atoms with Crippen molar-refractivity contribution in [3.8, 4) is 11.5 Å². The molecular weight excluding hydrogens is 222 g/mol. The van der Waals surface area contributed by atoms with Crippen LogP contribution in [0.15, 0.2) is 28.8 Å². The normalized spacial score (nSPS) is 10.6. The summed E-state index contributed by atoms with van der Waals surface area (Å²) in [6.45, 7) is 0.514. The van der Waals surface area contributed by atoms with Crippen molar-refractivity contribution in [2.75, 3.05) is 6.26 Å². The zero-order chi connectivity index (χ0) is 11.4. The lowest BCUT2D eigenvalue weighted by Gasteiger charge is -1.97. The van der Waals surface area contributed by atoms with Gasteiger partial charge in [0.05, 0.1) is 5.75 Å². The molecule has 0 aliphatic carbocycles. The standard InChI is InChI=1S/C11H13N3OS/c1-16-7-10-13-11(15-14-10)9-4-2-3-8(5-9)6-12/h2-5H,6-7,12H2,1H3. The first-order valence-electron chi connectivity index (χ1n) is 4.94. The summed E-state index contributed by atoms with van der Waals surface area (Å²) in [7, 11) is 0.